The first-order valence-corrected chi connectivity index (χ1v) is 41.9. The first-order chi connectivity index (χ1) is 50.0. The van der Waals surface area contributed by atoms with Crippen molar-refractivity contribution in [3.8, 4) is 0 Å². The molecule has 6 aliphatic heterocycles. The van der Waals surface area contributed by atoms with E-state index in [2.05, 4.69) is 5.32 Å². The maximum atomic E-state index is 17.6. The number of nitrogens with one attached hydrogen (secondary N) is 1. The number of aliphatic hydroxyl groups is 1. The number of aliphatic hydroxyl groups excluding tert-OH is 1. The average molecular weight is 1530 g/mol. The normalized spacial score (nSPS) is 25.3. The molecule has 6 aliphatic rings. The Morgan fingerprint density at radius 2 is 0.875 bits per heavy atom. The van der Waals surface area contributed by atoms with Gasteiger partial charge in [0.15, 0.2) is 16.3 Å². The van der Waals surface area contributed by atoms with Crippen molar-refractivity contribution in [1.82, 2.24) is 19.6 Å². The maximum absolute atomic E-state index is 17.6. The molecule has 0 unspecified atom stereocenters. The summed E-state index contributed by atoms with van der Waals surface area (Å²) in [5.74, 6) is -8.35. The summed E-state index contributed by atoms with van der Waals surface area (Å²) in [6.07, 6.45) is -4.31. The number of amides is 4. The molecule has 8 aromatic carbocycles. The predicted molar refractivity (Wildman–Crippen MR) is 409 cm³/mol. The fourth-order valence-electron chi connectivity index (χ4n) is 16.3. The molecule has 8 aromatic rings. The van der Waals surface area contributed by atoms with Crippen LogP contribution in [-0.2, 0) is 79.0 Å². The third kappa shape index (κ3) is 10.7. The van der Waals surface area contributed by atoms with Crippen molar-refractivity contribution < 1.29 is 61.3 Å². The van der Waals surface area contributed by atoms with Crippen LogP contribution in [0.5, 0.6) is 0 Å². The number of carbonyl (C=O) groups is 7. The number of esters is 3. The van der Waals surface area contributed by atoms with Gasteiger partial charge in [-0.05, 0) is 97.9 Å². The number of ether oxygens (including phenoxy) is 3. The van der Waals surface area contributed by atoms with E-state index < -0.39 is 144 Å². The van der Waals surface area contributed by atoms with E-state index >= 15 is 27.6 Å². The lowest BCUT2D eigenvalue weighted by molar-refractivity contribution is -0.223. The van der Waals surface area contributed by atoms with Crippen molar-refractivity contribution in [2.45, 2.75) is 101 Å². The second-order valence-corrected chi connectivity index (χ2v) is 36.9. The predicted octanol–water partition coefficient (Wildman–Crippen LogP) is 12.5. The molecule has 4 amide bonds. The first kappa shape index (κ1) is 72.6. The Labute approximate surface area is 627 Å². The zero-order chi connectivity index (χ0) is 73.4. The summed E-state index contributed by atoms with van der Waals surface area (Å²) >= 11 is 0. The molecule has 0 saturated carbocycles. The molecular formula is C78H74N6O13S7. The van der Waals surface area contributed by atoms with E-state index in [-0.39, 0.29) is 5.69 Å². The van der Waals surface area contributed by atoms with Crippen molar-refractivity contribution in [3.63, 3.8) is 0 Å². The molecule has 536 valence electrons. The van der Waals surface area contributed by atoms with Gasteiger partial charge in [0.25, 0.3) is 29.4 Å². The summed E-state index contributed by atoms with van der Waals surface area (Å²) in [6, 6.07) is 73.0. The molecule has 0 aromatic heterocycles. The quantitative estimate of drug-likeness (QED) is 0.0178. The van der Waals surface area contributed by atoms with Crippen LogP contribution in [0.15, 0.2) is 231 Å². The molecule has 4 saturated heterocycles. The van der Waals surface area contributed by atoms with Gasteiger partial charge in [0.2, 0.25) is 10.9 Å². The number of carbonyl (C=O) groups excluding carboxylic acids is 7. The lowest BCUT2D eigenvalue weighted by atomic mass is 9.54. The van der Waals surface area contributed by atoms with Gasteiger partial charge in [-0.3, -0.25) is 53.2 Å². The highest BCUT2D eigenvalue weighted by Crippen LogP contribution is 2.78. The van der Waals surface area contributed by atoms with Crippen LogP contribution in [0.3, 0.4) is 0 Å². The largest absolute Gasteiger partial charge is 0.459 e. The number of fused-ring (bicyclic) bond motifs is 11. The monoisotopic (exact) mass is 1530 g/mol. The van der Waals surface area contributed by atoms with Gasteiger partial charge >= 0.3 is 23.6 Å². The second kappa shape index (κ2) is 27.9. The van der Waals surface area contributed by atoms with E-state index in [1.54, 1.807) is 56.3 Å². The molecule has 6 heterocycles. The fourth-order valence-corrected chi connectivity index (χ4v) is 29.5. The average Bonchev–Trinajstić information content (AvgIpc) is 1.45. The first-order valence-electron chi connectivity index (χ1n) is 33.8. The highest BCUT2D eigenvalue weighted by atomic mass is 33.5. The summed E-state index contributed by atoms with van der Waals surface area (Å²) in [5, 5.41) is 15.7. The van der Waals surface area contributed by atoms with E-state index in [9.17, 15) is 19.5 Å². The van der Waals surface area contributed by atoms with Gasteiger partial charge in [0.05, 0.1) is 28.4 Å². The van der Waals surface area contributed by atoms with E-state index in [1.165, 1.54) is 79.0 Å². The fraction of sp³-hybridized carbons (Fsp3) is 0.295. The van der Waals surface area contributed by atoms with E-state index in [1.807, 2.05) is 188 Å². The lowest BCUT2D eigenvalue weighted by Gasteiger charge is -2.53. The Balaban J connectivity index is 1.05. The number of nitrogens with zero attached hydrogens (tertiary/aromatic N) is 5. The maximum Gasteiger partial charge on any atom is 0.311 e. The van der Waals surface area contributed by atoms with E-state index in [0.717, 1.165) is 76.0 Å². The molecule has 0 aliphatic carbocycles. The number of benzene rings is 8. The number of piperazine rings is 2. The molecule has 2 N–H and O–H groups in total. The highest BCUT2D eigenvalue weighted by Gasteiger charge is 2.88. The lowest BCUT2D eigenvalue weighted by Crippen LogP contribution is -2.78. The minimum absolute atomic E-state index is 0.0899. The number of hydrogen-bond donors (Lipinski definition) is 3. The van der Waals surface area contributed by atoms with Crippen molar-refractivity contribution in [3.05, 3.63) is 275 Å². The molecule has 0 bridgehead atoms. The summed E-state index contributed by atoms with van der Waals surface area (Å²) < 4.78 is 48.1. The smallest absolute Gasteiger partial charge is 0.311 e. The summed E-state index contributed by atoms with van der Waals surface area (Å²) in [6.45, 7) is 5.05. The van der Waals surface area contributed by atoms with Crippen LogP contribution in [0.4, 0.5) is 11.4 Å². The van der Waals surface area contributed by atoms with Crippen molar-refractivity contribution >= 4 is 127 Å². The molecule has 104 heavy (non-hydrogen) atoms. The Morgan fingerprint density at radius 3 is 1.29 bits per heavy atom. The third-order valence-corrected chi connectivity index (χ3v) is 32.1. The van der Waals surface area contributed by atoms with E-state index in [0.29, 0.717) is 16.8 Å². The zero-order valence-corrected chi connectivity index (χ0v) is 63.3. The van der Waals surface area contributed by atoms with Gasteiger partial charge in [-0.25, -0.2) is 12.7 Å². The molecule has 14 rings (SSSR count). The Kier molecular flexibility index (Phi) is 19.4. The zero-order valence-electron chi connectivity index (χ0n) is 57.6. The SMILES string of the molecule is CC(=O)OC[C@@]1(OC(=O)C(C)C)C(=O)N2[C@H]3N([SH](=O)=O)c4ccccc4[C@@]3([C@]34C[C@]5(SSSC(c6ccccc6)(c6ccccc6)c6ccccc6)C(=O)N(C)[C@](CO)(OC(=O)C(C)C)C(=O)N5[C@H]3Nc3ccccc34)C[C@]2(SSSC(c2ccccc2)(c2ccccc2)c2ccccc2)C(=O)N1C. The van der Waals surface area contributed by atoms with Gasteiger partial charge in [0.1, 0.15) is 28.4 Å². The number of anilines is 2. The molecule has 0 radical (unpaired) electrons. The minimum atomic E-state index is -3.91. The van der Waals surface area contributed by atoms with Gasteiger partial charge in [-0.2, -0.15) is 0 Å². The van der Waals surface area contributed by atoms with Gasteiger partial charge in [-0.15, -0.1) is 0 Å². The van der Waals surface area contributed by atoms with Crippen LogP contribution in [0.25, 0.3) is 0 Å². The number of para-hydroxylation sites is 2. The summed E-state index contributed by atoms with van der Waals surface area (Å²) in [4.78, 5) is 112. The van der Waals surface area contributed by atoms with E-state index in [4.69, 9.17) is 14.2 Å². The number of rotatable bonds is 23. The summed E-state index contributed by atoms with van der Waals surface area (Å²) in [7, 11) is 5.98. The Hall–Kier alpha value is -8.34. The van der Waals surface area contributed by atoms with Crippen LogP contribution in [0, 0.1) is 11.8 Å². The van der Waals surface area contributed by atoms with Crippen LogP contribution in [0.2, 0.25) is 0 Å². The van der Waals surface area contributed by atoms with Crippen LogP contribution >= 0.6 is 62.8 Å². The third-order valence-electron chi connectivity index (χ3n) is 21.1. The Bertz CT molecular complexity index is 4550. The number of hydrogen-bond acceptors (Lipinski definition) is 20. The van der Waals surface area contributed by atoms with Gasteiger partial charge in [-0.1, -0.05) is 268 Å². The Morgan fingerprint density at radius 1 is 0.510 bits per heavy atom. The van der Waals surface area contributed by atoms with Crippen LogP contribution < -0.4 is 9.62 Å². The second-order valence-electron chi connectivity index (χ2n) is 27.2. The molecule has 8 atom stereocenters. The van der Waals surface area contributed by atoms with Crippen molar-refractivity contribution in [1.29, 1.82) is 0 Å². The molecule has 19 nitrogen and oxygen atoms in total. The molecule has 0 spiro atoms. The van der Waals surface area contributed by atoms with Crippen LogP contribution in [0.1, 0.15) is 92.0 Å². The van der Waals surface area contributed by atoms with Gasteiger partial charge < -0.3 is 24.6 Å². The molecule has 26 heteroatoms. The highest BCUT2D eigenvalue weighted by molar-refractivity contribution is 9.10. The summed E-state index contributed by atoms with van der Waals surface area (Å²) in [5.41, 5.74) is -3.05. The molecular weight excluding hydrogens is 1450 g/mol. The molecule has 4 fully saturated rings. The standard InChI is InChI=1S/C78H74N6O13S7/c1-50(2)63(87)96-73(48-85)67(89)82-65-71(59-42-26-28-44-61(59)79-65,46-75(82,69(91)80(73)6)98-102-100-77(53-30-14-8-15-31-53,54-32-16-9-17-33-54)55-34-18-10-19-35-55)72-47-76(99-103-101-78(56-36-20-11-21-37-56,57-38-22-12-23-39-57)58-40-24-13-25-41-58)70(92)81(7)74(49-95-52(5)86,97-64(88)51(3)4)68(90)83(76)66(72)84(104(93)94)62-45-29-27-43-60(62)72/h8-45,50-51,65-66,79,85,104H,46-49H2,1-7H3/t65-,66+,71+,72+,73-,74-,75+,76+/m1/s1. The topological polar surface area (TPSA) is 230 Å². The van der Waals surface area contributed by atoms with Crippen molar-refractivity contribution in [2.24, 2.45) is 11.8 Å². The number of thiol groups is 1. The number of likely N-dealkylation sites (N-methyl/N-ethyl adjacent to an activating group) is 2. The minimum Gasteiger partial charge on any atom is -0.459 e. The van der Waals surface area contributed by atoms with Gasteiger partial charge in [0, 0.05) is 39.5 Å². The van der Waals surface area contributed by atoms with Crippen LogP contribution in [-0.4, -0.2) is 135 Å². The van der Waals surface area contributed by atoms with Crippen molar-refractivity contribution in [2.75, 3.05) is 36.9 Å².